The number of ether oxygens (including phenoxy) is 1. The van der Waals surface area contributed by atoms with Crippen molar-refractivity contribution in [1.82, 2.24) is 0 Å². The zero-order chi connectivity index (χ0) is 17.9. The minimum atomic E-state index is -0.412. The van der Waals surface area contributed by atoms with Crippen molar-refractivity contribution < 1.29 is 14.6 Å². The Labute approximate surface area is 152 Å². The molecule has 0 saturated carbocycles. The van der Waals surface area contributed by atoms with E-state index in [9.17, 15) is 4.79 Å². The molecule has 0 aliphatic heterocycles. The molecule has 0 heterocycles. The summed E-state index contributed by atoms with van der Waals surface area (Å²) in [5.41, 5.74) is 5.76. The fraction of sp³-hybridized carbons (Fsp3) is 0.174. The molecule has 2 aromatic rings. The number of fused-ring (bicyclic) bond motifs is 2. The third-order valence-electron chi connectivity index (χ3n) is 4.94. The van der Waals surface area contributed by atoms with Crippen molar-refractivity contribution in [2.24, 2.45) is 0 Å². The standard InChI is InChI=1S/C23H20O3/c24-13-14-26-23(25)15-22(20-11-9-16-5-1-3-7-18(16)20)21-12-10-17-6-2-4-8-19(17)21/h1-12,15,20-21,24H,13-14H2. The summed E-state index contributed by atoms with van der Waals surface area (Å²) in [5.74, 6) is -0.341. The molecule has 0 spiro atoms. The largest absolute Gasteiger partial charge is 0.460 e. The second-order valence-electron chi connectivity index (χ2n) is 6.47. The molecule has 0 radical (unpaired) electrons. The fourth-order valence-electron chi connectivity index (χ4n) is 3.78. The topological polar surface area (TPSA) is 46.5 Å². The molecule has 1 N–H and O–H groups in total. The van der Waals surface area contributed by atoms with Crippen molar-refractivity contribution in [3.63, 3.8) is 0 Å². The second kappa shape index (κ2) is 7.14. The predicted molar refractivity (Wildman–Crippen MR) is 103 cm³/mol. The first-order valence-electron chi connectivity index (χ1n) is 8.81. The van der Waals surface area contributed by atoms with Crippen LogP contribution in [0.25, 0.3) is 12.2 Å². The summed E-state index contributed by atoms with van der Waals surface area (Å²) in [6.07, 6.45) is 10.1. The van der Waals surface area contributed by atoms with Crippen LogP contribution in [0, 0.1) is 0 Å². The highest BCUT2D eigenvalue weighted by Gasteiger charge is 2.30. The van der Waals surface area contributed by atoms with Gasteiger partial charge < -0.3 is 9.84 Å². The molecular formula is C23H20O3. The molecule has 3 nitrogen and oxygen atoms in total. The SMILES string of the molecule is O=C(C=C(C1C=Cc2ccccc21)C1C=Cc2ccccc21)OCCO. The number of allylic oxidation sites excluding steroid dienone is 3. The van der Waals surface area contributed by atoms with Gasteiger partial charge in [0.25, 0.3) is 0 Å². The van der Waals surface area contributed by atoms with E-state index in [0.29, 0.717) is 0 Å². The van der Waals surface area contributed by atoms with Gasteiger partial charge >= 0.3 is 5.97 Å². The highest BCUT2D eigenvalue weighted by Crippen LogP contribution is 2.45. The number of benzene rings is 2. The summed E-state index contributed by atoms with van der Waals surface area (Å²) in [7, 11) is 0. The van der Waals surface area contributed by atoms with Gasteiger partial charge in [-0.2, -0.15) is 0 Å². The van der Waals surface area contributed by atoms with Gasteiger partial charge in [-0.25, -0.2) is 4.79 Å². The lowest BCUT2D eigenvalue weighted by atomic mass is 9.81. The van der Waals surface area contributed by atoms with Crippen LogP contribution < -0.4 is 0 Å². The predicted octanol–water partition coefficient (Wildman–Crippen LogP) is 4.07. The normalized spacial score (nSPS) is 19.1. The number of esters is 1. The first-order chi connectivity index (χ1) is 12.8. The van der Waals surface area contributed by atoms with Gasteiger partial charge in [-0.15, -0.1) is 0 Å². The van der Waals surface area contributed by atoms with E-state index < -0.39 is 5.97 Å². The molecular weight excluding hydrogens is 324 g/mol. The van der Waals surface area contributed by atoms with Gasteiger partial charge in [0.2, 0.25) is 0 Å². The molecule has 0 aromatic heterocycles. The zero-order valence-electron chi connectivity index (χ0n) is 14.3. The third kappa shape index (κ3) is 3.02. The number of rotatable bonds is 5. The first kappa shape index (κ1) is 16.6. The molecule has 2 aliphatic rings. The van der Waals surface area contributed by atoms with Crippen LogP contribution in [0.15, 0.2) is 72.3 Å². The Kier molecular flexibility index (Phi) is 4.55. The van der Waals surface area contributed by atoms with Gasteiger partial charge in [0.15, 0.2) is 0 Å². The van der Waals surface area contributed by atoms with Crippen LogP contribution in [0.5, 0.6) is 0 Å². The molecule has 0 fully saturated rings. The van der Waals surface area contributed by atoms with E-state index in [1.807, 2.05) is 24.3 Å². The summed E-state index contributed by atoms with van der Waals surface area (Å²) in [6, 6.07) is 16.5. The van der Waals surface area contributed by atoms with Gasteiger partial charge in [-0.3, -0.25) is 0 Å². The first-order valence-corrected chi connectivity index (χ1v) is 8.81. The maximum absolute atomic E-state index is 12.3. The number of carbonyl (C=O) groups is 1. The van der Waals surface area contributed by atoms with Crippen molar-refractivity contribution >= 4 is 18.1 Å². The number of aliphatic hydroxyl groups is 1. The summed E-state index contributed by atoms with van der Waals surface area (Å²) in [5, 5.41) is 8.91. The van der Waals surface area contributed by atoms with Crippen LogP contribution in [0.2, 0.25) is 0 Å². The van der Waals surface area contributed by atoms with Gasteiger partial charge in [0.05, 0.1) is 6.61 Å². The zero-order valence-corrected chi connectivity index (χ0v) is 14.3. The van der Waals surface area contributed by atoms with E-state index in [0.717, 1.165) is 5.57 Å². The average molecular weight is 344 g/mol. The Morgan fingerprint density at radius 3 is 2.00 bits per heavy atom. The minimum Gasteiger partial charge on any atom is -0.460 e. The van der Waals surface area contributed by atoms with E-state index >= 15 is 0 Å². The van der Waals surface area contributed by atoms with Crippen LogP contribution in [0.1, 0.15) is 34.1 Å². The van der Waals surface area contributed by atoms with Crippen molar-refractivity contribution in [3.8, 4) is 0 Å². The summed E-state index contributed by atoms with van der Waals surface area (Å²) in [6.45, 7) is -0.163. The maximum Gasteiger partial charge on any atom is 0.330 e. The lowest BCUT2D eigenvalue weighted by molar-refractivity contribution is -0.138. The molecule has 2 unspecified atom stereocenters. The maximum atomic E-state index is 12.3. The van der Waals surface area contributed by atoms with E-state index in [2.05, 4.69) is 48.6 Å². The van der Waals surface area contributed by atoms with E-state index in [1.54, 1.807) is 6.08 Å². The molecule has 26 heavy (non-hydrogen) atoms. The van der Waals surface area contributed by atoms with Crippen molar-refractivity contribution in [2.75, 3.05) is 13.2 Å². The van der Waals surface area contributed by atoms with Crippen LogP contribution in [-0.2, 0) is 9.53 Å². The second-order valence-corrected chi connectivity index (χ2v) is 6.47. The van der Waals surface area contributed by atoms with Crippen LogP contribution in [0.3, 0.4) is 0 Å². The van der Waals surface area contributed by atoms with E-state index in [4.69, 9.17) is 9.84 Å². The van der Waals surface area contributed by atoms with E-state index in [1.165, 1.54) is 22.3 Å². The number of carbonyl (C=O) groups excluding carboxylic acids is 1. The monoisotopic (exact) mass is 344 g/mol. The quantitative estimate of drug-likeness (QED) is 0.657. The van der Waals surface area contributed by atoms with E-state index in [-0.39, 0.29) is 25.0 Å². The average Bonchev–Trinajstić information content (AvgIpc) is 3.29. The Morgan fingerprint density at radius 2 is 1.46 bits per heavy atom. The molecule has 4 rings (SSSR count). The third-order valence-corrected chi connectivity index (χ3v) is 4.94. The molecule has 2 aromatic carbocycles. The molecule has 0 bridgehead atoms. The van der Waals surface area contributed by atoms with Gasteiger partial charge in [0.1, 0.15) is 6.61 Å². The lowest BCUT2D eigenvalue weighted by Crippen LogP contribution is -2.12. The van der Waals surface area contributed by atoms with Gasteiger partial charge in [-0.05, 0) is 27.8 Å². The number of hydrogen-bond acceptors (Lipinski definition) is 3. The van der Waals surface area contributed by atoms with Crippen molar-refractivity contribution in [3.05, 3.63) is 94.6 Å². The van der Waals surface area contributed by atoms with Crippen molar-refractivity contribution in [1.29, 1.82) is 0 Å². The molecule has 2 aliphatic carbocycles. The molecule has 0 saturated heterocycles. The summed E-state index contributed by atoms with van der Waals surface area (Å²) >= 11 is 0. The Morgan fingerprint density at radius 1 is 0.923 bits per heavy atom. The molecule has 130 valence electrons. The number of aliphatic hydroxyl groups excluding tert-OH is 1. The summed E-state index contributed by atoms with van der Waals surface area (Å²) in [4.78, 5) is 12.3. The van der Waals surface area contributed by atoms with Gasteiger partial charge in [-0.1, -0.05) is 72.8 Å². The molecule has 3 heteroatoms. The Balaban J connectivity index is 1.75. The lowest BCUT2D eigenvalue weighted by Gasteiger charge is -2.22. The Hall–Kier alpha value is -2.91. The smallest absolute Gasteiger partial charge is 0.330 e. The van der Waals surface area contributed by atoms with Crippen LogP contribution in [-0.4, -0.2) is 24.3 Å². The summed E-state index contributed by atoms with van der Waals surface area (Å²) < 4.78 is 5.10. The minimum absolute atomic E-state index is 0.0107. The van der Waals surface area contributed by atoms with Crippen LogP contribution >= 0.6 is 0 Å². The highest BCUT2D eigenvalue weighted by molar-refractivity contribution is 5.85. The molecule has 0 amide bonds. The number of hydrogen-bond donors (Lipinski definition) is 1. The fourth-order valence-corrected chi connectivity index (χ4v) is 3.78. The van der Waals surface area contributed by atoms with Crippen molar-refractivity contribution in [2.45, 2.75) is 11.8 Å². The molecule has 2 atom stereocenters. The van der Waals surface area contributed by atoms with Crippen LogP contribution in [0.4, 0.5) is 0 Å². The van der Waals surface area contributed by atoms with Gasteiger partial charge in [0, 0.05) is 17.9 Å². The highest BCUT2D eigenvalue weighted by atomic mass is 16.5. The Bertz CT molecular complexity index is 857.